The Kier molecular flexibility index (Phi) is 7.43. The Balaban J connectivity index is 2.43. The van der Waals surface area contributed by atoms with Crippen LogP contribution in [0.4, 0.5) is 0 Å². The molecule has 138 valence electrons. The van der Waals surface area contributed by atoms with Crippen LogP contribution in [0, 0.1) is 11.8 Å². The fraction of sp³-hybridized carbons (Fsp3) is 0.857. The molecule has 1 saturated heterocycles. The molecule has 2 nitrogen and oxygen atoms in total. The first-order valence-corrected chi connectivity index (χ1v) is 17.9. The van der Waals surface area contributed by atoms with Gasteiger partial charge in [0.25, 0.3) is 0 Å². The molecule has 0 spiro atoms. The Morgan fingerprint density at radius 2 is 1.50 bits per heavy atom. The van der Waals surface area contributed by atoms with Gasteiger partial charge < -0.3 is 0 Å². The van der Waals surface area contributed by atoms with Gasteiger partial charge in [0.2, 0.25) is 0 Å². The number of unbranched alkanes of at least 4 members (excludes halogenated alkanes) is 3. The third-order valence-electron chi connectivity index (χ3n) is 6.73. The third-order valence-corrected chi connectivity index (χ3v) is 24.7. The maximum absolute atomic E-state index is 13.0. The van der Waals surface area contributed by atoms with Crippen LogP contribution in [0.15, 0.2) is 12.2 Å². The van der Waals surface area contributed by atoms with Crippen molar-refractivity contribution in [1.29, 1.82) is 0 Å². The number of hydrogen-bond donors (Lipinski definition) is 0. The molecule has 0 amide bonds. The first-order chi connectivity index (χ1) is 11.5. The molecule has 0 unspecified atom stereocenters. The van der Waals surface area contributed by atoms with E-state index in [0.29, 0.717) is 5.78 Å². The molecule has 0 N–H and O–H groups in total. The summed E-state index contributed by atoms with van der Waals surface area (Å²) < 4.78 is 10.8. The van der Waals surface area contributed by atoms with E-state index >= 15 is 0 Å². The Morgan fingerprint density at radius 1 is 1.00 bits per heavy atom. The van der Waals surface area contributed by atoms with Gasteiger partial charge in [-0.2, -0.15) is 0 Å². The van der Waals surface area contributed by atoms with Crippen LogP contribution in [0.25, 0.3) is 0 Å². The summed E-state index contributed by atoms with van der Waals surface area (Å²) in [6.07, 6.45) is 12.5. The van der Waals surface area contributed by atoms with Gasteiger partial charge >= 0.3 is 154 Å². The van der Waals surface area contributed by atoms with E-state index in [0.717, 1.165) is 0 Å². The number of hydrogen-bond acceptors (Lipinski definition) is 2. The molecule has 1 fully saturated rings. The second-order valence-electron chi connectivity index (χ2n) is 8.24. The summed E-state index contributed by atoms with van der Waals surface area (Å²) in [4.78, 5) is 13.0. The van der Waals surface area contributed by atoms with Crippen LogP contribution in [0.5, 0.6) is 0 Å². The van der Waals surface area contributed by atoms with Gasteiger partial charge in [0.15, 0.2) is 0 Å². The second kappa shape index (κ2) is 8.70. The van der Waals surface area contributed by atoms with Gasteiger partial charge in [-0.05, 0) is 0 Å². The summed E-state index contributed by atoms with van der Waals surface area (Å²) in [6.45, 7) is 11.2. The fourth-order valence-electron chi connectivity index (χ4n) is 5.09. The number of rotatable bonds is 10. The molecular weight excluding hydrogens is 403 g/mol. The van der Waals surface area contributed by atoms with Crippen LogP contribution in [-0.4, -0.2) is 33.9 Å². The van der Waals surface area contributed by atoms with E-state index in [1.807, 2.05) is 0 Å². The van der Waals surface area contributed by atoms with E-state index in [2.05, 4.69) is 46.8 Å². The molecule has 2 heterocycles. The quantitative estimate of drug-likeness (QED) is 0.311. The first kappa shape index (κ1) is 20.5. The number of fused-ring (bicyclic) bond motifs is 2. The van der Waals surface area contributed by atoms with Crippen LogP contribution in [0.1, 0.15) is 73.1 Å². The van der Waals surface area contributed by atoms with Gasteiger partial charge in [-0.1, -0.05) is 0 Å². The zero-order valence-corrected chi connectivity index (χ0v) is 19.4. The maximum atomic E-state index is 13.0. The van der Waals surface area contributed by atoms with Gasteiger partial charge in [-0.25, -0.2) is 0 Å². The third kappa shape index (κ3) is 3.51. The van der Waals surface area contributed by atoms with E-state index < -0.39 is 18.4 Å². The summed E-state index contributed by atoms with van der Waals surface area (Å²) in [7, 11) is 0. The minimum atomic E-state index is -2.68. The Bertz CT molecular complexity index is 437. The predicted octanol–water partition coefficient (Wildman–Crippen LogP) is 5.92. The summed E-state index contributed by atoms with van der Waals surface area (Å²) in [6, 6.07) is 0. The van der Waals surface area contributed by atoms with Crippen molar-refractivity contribution < 1.29 is 9.53 Å². The Hall–Kier alpha value is 0.169. The summed E-state index contributed by atoms with van der Waals surface area (Å²) in [5.41, 5.74) is 0. The van der Waals surface area contributed by atoms with Crippen molar-refractivity contribution in [2.45, 2.75) is 96.2 Å². The van der Waals surface area contributed by atoms with Gasteiger partial charge in [-0.3, -0.25) is 0 Å². The van der Waals surface area contributed by atoms with Crippen LogP contribution >= 0.6 is 0 Å². The molecule has 2 rings (SSSR count). The average Bonchev–Trinajstić information content (AvgIpc) is 3.02. The fourth-order valence-corrected chi connectivity index (χ4v) is 24.8. The predicted molar refractivity (Wildman–Crippen MR) is 105 cm³/mol. The van der Waals surface area contributed by atoms with Crippen molar-refractivity contribution in [2.75, 3.05) is 0 Å². The SMILES string of the molecule is CCC[CH2][Sn]([CH2]CCC)([CH2]CCC)[C@@]12C=C[C@H](O1)[C@H](C)C(=O)[C@@H]2C. The molecule has 0 aliphatic carbocycles. The van der Waals surface area contributed by atoms with E-state index in [-0.39, 0.29) is 21.6 Å². The molecule has 4 atom stereocenters. The molecule has 2 aliphatic rings. The van der Waals surface area contributed by atoms with Crippen molar-refractivity contribution in [2.24, 2.45) is 11.8 Å². The van der Waals surface area contributed by atoms with Crippen molar-refractivity contribution in [3.63, 3.8) is 0 Å². The van der Waals surface area contributed by atoms with Crippen LogP contribution < -0.4 is 0 Å². The summed E-state index contributed by atoms with van der Waals surface area (Å²) in [5.74, 6) is 0.574. The van der Waals surface area contributed by atoms with Crippen LogP contribution in [0.3, 0.4) is 0 Å². The van der Waals surface area contributed by atoms with Crippen LogP contribution in [0.2, 0.25) is 13.3 Å². The van der Waals surface area contributed by atoms with Crippen molar-refractivity contribution >= 4 is 24.2 Å². The molecule has 0 aromatic rings. The molecule has 2 aliphatic heterocycles. The van der Waals surface area contributed by atoms with Crippen LogP contribution in [-0.2, 0) is 9.53 Å². The van der Waals surface area contributed by atoms with E-state index in [4.69, 9.17) is 4.74 Å². The minimum absolute atomic E-state index is 0.0411. The normalized spacial score (nSPS) is 32.5. The van der Waals surface area contributed by atoms with Crippen molar-refractivity contribution in [1.82, 2.24) is 0 Å². The molecule has 3 heteroatoms. The van der Waals surface area contributed by atoms with Crippen molar-refractivity contribution in [3.8, 4) is 0 Å². The number of ketones is 1. The molecule has 0 aromatic heterocycles. The standard InChI is InChI=1S/C9H11O2.3C4H9.Sn/c1-5-7-3-4-8(11-7)6(2)9(5)10;3*1-3-4-2;/h3-7H,1-2H3;3*1,3-4H2,2H3;/t5-,6+,7-;;;;/m0..../s1. The zero-order valence-electron chi connectivity index (χ0n) is 16.6. The summed E-state index contributed by atoms with van der Waals surface area (Å²) >= 11 is -2.68. The number of carbonyl (C=O) groups excluding carboxylic acids is 1. The Morgan fingerprint density at radius 3 is 1.96 bits per heavy atom. The molecule has 0 aromatic carbocycles. The average molecular weight is 441 g/mol. The topological polar surface area (TPSA) is 26.3 Å². The molecular formula is C21H38O2Sn. The van der Waals surface area contributed by atoms with E-state index in [1.54, 1.807) is 0 Å². The molecule has 0 saturated carbocycles. The summed E-state index contributed by atoms with van der Waals surface area (Å²) in [5, 5.41) is 0. The van der Waals surface area contributed by atoms with Gasteiger partial charge in [0.05, 0.1) is 0 Å². The monoisotopic (exact) mass is 442 g/mol. The van der Waals surface area contributed by atoms with E-state index in [1.165, 1.54) is 51.8 Å². The molecule has 2 bridgehead atoms. The molecule has 24 heavy (non-hydrogen) atoms. The second-order valence-corrected chi connectivity index (χ2v) is 22.1. The van der Waals surface area contributed by atoms with E-state index in [9.17, 15) is 4.79 Å². The zero-order chi connectivity index (χ0) is 17.8. The molecule has 0 radical (unpaired) electrons. The number of Topliss-reactive ketones (excluding diaryl/α,β-unsaturated/α-hetero) is 1. The van der Waals surface area contributed by atoms with Gasteiger partial charge in [0, 0.05) is 0 Å². The van der Waals surface area contributed by atoms with Crippen molar-refractivity contribution in [3.05, 3.63) is 12.2 Å². The van der Waals surface area contributed by atoms with Gasteiger partial charge in [-0.15, -0.1) is 0 Å². The van der Waals surface area contributed by atoms with Gasteiger partial charge in [0.1, 0.15) is 0 Å². The number of carbonyl (C=O) groups is 1. The first-order valence-electron chi connectivity index (χ1n) is 10.4. The number of ether oxygens (including phenoxy) is 1. The Labute approximate surface area is 153 Å².